The van der Waals surface area contributed by atoms with Crippen LogP contribution in [0.3, 0.4) is 0 Å². The summed E-state index contributed by atoms with van der Waals surface area (Å²) in [6, 6.07) is 14.1. The highest BCUT2D eigenvalue weighted by Gasteiger charge is 2.09. The van der Waals surface area contributed by atoms with E-state index in [1.54, 1.807) is 0 Å². The fourth-order valence-electron chi connectivity index (χ4n) is 2.03. The van der Waals surface area contributed by atoms with Crippen LogP contribution in [0.5, 0.6) is 5.75 Å². The number of aryl methyl sites for hydroxylation is 2. The second-order valence-electron chi connectivity index (χ2n) is 4.86. The highest BCUT2D eigenvalue weighted by molar-refractivity contribution is 5.78. The van der Waals surface area contributed by atoms with E-state index in [2.05, 4.69) is 30.3 Å². The first-order chi connectivity index (χ1) is 11.7. The molecule has 1 aliphatic heterocycles. The van der Waals surface area contributed by atoms with Crippen LogP contribution in [0.2, 0.25) is 0 Å². The van der Waals surface area contributed by atoms with Gasteiger partial charge in [-0.3, -0.25) is 0 Å². The monoisotopic (exact) mass is 329 g/mol. The number of oxime groups is 1. The van der Waals surface area contributed by atoms with E-state index in [9.17, 15) is 0 Å². The van der Waals surface area contributed by atoms with Gasteiger partial charge in [0.05, 0.1) is 12.8 Å². The Morgan fingerprint density at radius 1 is 0.917 bits per heavy atom. The number of hydrogen-bond acceptors (Lipinski definition) is 3. The van der Waals surface area contributed by atoms with Crippen LogP contribution in [0.4, 0.5) is 0 Å². The molecule has 0 aromatic heterocycles. The largest absolute Gasteiger partial charge is 0.493 e. The van der Waals surface area contributed by atoms with E-state index in [4.69, 9.17) is 9.94 Å². The smallest absolute Gasteiger partial charge is 0.122 e. The normalized spacial score (nSPS) is 10.9. The molecular formula is C21H31NO2. The Balaban J connectivity index is 0.000000366. The summed E-state index contributed by atoms with van der Waals surface area (Å²) in [7, 11) is 0. The summed E-state index contributed by atoms with van der Waals surface area (Å²) in [6.45, 7) is 13.0. The van der Waals surface area contributed by atoms with Gasteiger partial charge in [-0.05, 0) is 31.0 Å². The summed E-state index contributed by atoms with van der Waals surface area (Å²) in [5, 5.41) is 11.1. The summed E-state index contributed by atoms with van der Waals surface area (Å²) in [4.78, 5) is 0. The van der Waals surface area contributed by atoms with Crippen molar-refractivity contribution in [2.45, 2.75) is 48.0 Å². The Bertz CT molecular complexity index is 589. The van der Waals surface area contributed by atoms with Gasteiger partial charge in [-0.25, -0.2) is 0 Å². The van der Waals surface area contributed by atoms with Gasteiger partial charge in [-0.2, -0.15) is 0 Å². The van der Waals surface area contributed by atoms with E-state index in [0.717, 1.165) is 24.3 Å². The maximum absolute atomic E-state index is 8.16. The maximum Gasteiger partial charge on any atom is 0.122 e. The number of fused-ring (bicyclic) bond motifs is 1. The van der Waals surface area contributed by atoms with Crippen LogP contribution in [-0.2, 0) is 6.42 Å². The molecule has 132 valence electrons. The minimum atomic E-state index is 0.860. The Labute approximate surface area is 147 Å². The van der Waals surface area contributed by atoms with Crippen LogP contribution in [0.25, 0.3) is 0 Å². The number of ether oxygens (including phenoxy) is 1. The lowest BCUT2D eigenvalue weighted by atomic mass is 10.1. The van der Waals surface area contributed by atoms with Crippen molar-refractivity contribution in [1.82, 2.24) is 0 Å². The van der Waals surface area contributed by atoms with Crippen molar-refractivity contribution in [3.05, 3.63) is 64.7 Å². The lowest BCUT2D eigenvalue weighted by Gasteiger charge is -1.97. The number of nitrogens with zero attached hydrogens (tertiary/aromatic N) is 1. The van der Waals surface area contributed by atoms with Gasteiger partial charge in [0.25, 0.3) is 0 Å². The molecule has 0 unspecified atom stereocenters. The molecule has 1 heterocycles. The third-order valence-electron chi connectivity index (χ3n) is 3.13. The summed E-state index contributed by atoms with van der Waals surface area (Å²) in [6.07, 6.45) is 2.48. The minimum absolute atomic E-state index is 0.860. The van der Waals surface area contributed by atoms with E-state index < -0.39 is 0 Å². The molecular weight excluding hydrogens is 298 g/mol. The van der Waals surface area contributed by atoms with E-state index in [1.165, 1.54) is 22.9 Å². The predicted molar refractivity (Wildman–Crippen MR) is 104 cm³/mol. The molecule has 0 aliphatic carbocycles. The molecule has 24 heavy (non-hydrogen) atoms. The van der Waals surface area contributed by atoms with Gasteiger partial charge in [-0.15, -0.1) is 0 Å². The molecule has 0 amide bonds. The third kappa shape index (κ3) is 7.82. The zero-order chi connectivity index (χ0) is 18.4. The van der Waals surface area contributed by atoms with Crippen molar-refractivity contribution in [1.29, 1.82) is 0 Å². The standard InChI is InChI=1S/C9H10O.C8H9NO.2C2H6/c1-7-2-3-9-8(6-7)4-5-10-9;1-7-2-4-8(5-3-7)6-9-10;2*1-2/h2-3,6H,4-5H2,1H3;2-6,10H,1H3;2*1-2H3/b;9-6+;;. The molecule has 3 nitrogen and oxygen atoms in total. The Morgan fingerprint density at radius 3 is 2.08 bits per heavy atom. The molecule has 3 heteroatoms. The van der Waals surface area contributed by atoms with Gasteiger partial charge in [0.1, 0.15) is 5.75 Å². The minimum Gasteiger partial charge on any atom is -0.493 e. The molecule has 0 saturated carbocycles. The topological polar surface area (TPSA) is 41.8 Å². The van der Waals surface area contributed by atoms with Gasteiger partial charge >= 0.3 is 0 Å². The molecule has 0 radical (unpaired) electrons. The maximum atomic E-state index is 8.16. The first kappa shape index (κ1) is 21.7. The van der Waals surface area contributed by atoms with E-state index in [1.807, 2.05) is 58.9 Å². The van der Waals surface area contributed by atoms with Crippen molar-refractivity contribution >= 4 is 6.21 Å². The van der Waals surface area contributed by atoms with Gasteiger partial charge < -0.3 is 9.94 Å². The van der Waals surface area contributed by atoms with Crippen LogP contribution in [0.15, 0.2) is 47.6 Å². The van der Waals surface area contributed by atoms with Crippen LogP contribution >= 0.6 is 0 Å². The van der Waals surface area contributed by atoms with Gasteiger partial charge in [0.15, 0.2) is 0 Å². The predicted octanol–water partition coefficient (Wildman–Crippen LogP) is 5.79. The quantitative estimate of drug-likeness (QED) is 0.409. The summed E-state index contributed by atoms with van der Waals surface area (Å²) >= 11 is 0. The average Bonchev–Trinajstić information content (AvgIpc) is 3.09. The van der Waals surface area contributed by atoms with Gasteiger partial charge in [0.2, 0.25) is 0 Å². The van der Waals surface area contributed by atoms with Crippen molar-refractivity contribution in [3.8, 4) is 5.75 Å². The van der Waals surface area contributed by atoms with E-state index >= 15 is 0 Å². The van der Waals surface area contributed by atoms with Gasteiger partial charge in [-0.1, -0.05) is 80.4 Å². The molecule has 1 N–H and O–H groups in total. The lowest BCUT2D eigenvalue weighted by Crippen LogP contribution is -1.85. The number of benzene rings is 2. The summed E-state index contributed by atoms with van der Waals surface area (Å²) in [5.41, 5.74) is 4.80. The fraction of sp³-hybridized carbons (Fsp3) is 0.381. The summed E-state index contributed by atoms with van der Waals surface area (Å²) < 4.78 is 5.35. The van der Waals surface area contributed by atoms with Crippen LogP contribution in [-0.4, -0.2) is 18.0 Å². The zero-order valence-corrected chi connectivity index (χ0v) is 15.8. The van der Waals surface area contributed by atoms with E-state index in [0.29, 0.717) is 0 Å². The lowest BCUT2D eigenvalue weighted by molar-refractivity contribution is 0.322. The molecule has 0 bridgehead atoms. The molecule has 0 spiro atoms. The Hall–Kier alpha value is -2.29. The van der Waals surface area contributed by atoms with Crippen LogP contribution in [0.1, 0.15) is 49.9 Å². The number of rotatable bonds is 1. The third-order valence-corrected chi connectivity index (χ3v) is 3.13. The van der Waals surface area contributed by atoms with Crippen molar-refractivity contribution in [3.63, 3.8) is 0 Å². The molecule has 2 aromatic carbocycles. The molecule has 0 saturated heterocycles. The van der Waals surface area contributed by atoms with Crippen molar-refractivity contribution in [2.24, 2.45) is 5.16 Å². The number of hydrogen-bond donors (Lipinski definition) is 1. The molecule has 2 aromatic rings. The second-order valence-corrected chi connectivity index (χ2v) is 4.86. The highest BCUT2D eigenvalue weighted by atomic mass is 16.5. The first-order valence-electron chi connectivity index (χ1n) is 8.65. The van der Waals surface area contributed by atoms with Gasteiger partial charge in [0, 0.05) is 6.42 Å². The van der Waals surface area contributed by atoms with Crippen molar-refractivity contribution in [2.75, 3.05) is 6.61 Å². The Kier molecular flexibility index (Phi) is 11.9. The average molecular weight is 329 g/mol. The SMILES string of the molecule is CC.CC.Cc1ccc(/C=N/O)cc1.Cc1ccc2c(c1)CCO2. The summed E-state index contributed by atoms with van der Waals surface area (Å²) in [5.74, 6) is 1.07. The molecule has 0 fully saturated rings. The highest BCUT2D eigenvalue weighted by Crippen LogP contribution is 2.25. The van der Waals surface area contributed by atoms with Crippen molar-refractivity contribution < 1.29 is 9.94 Å². The van der Waals surface area contributed by atoms with E-state index in [-0.39, 0.29) is 0 Å². The molecule has 0 atom stereocenters. The second kappa shape index (κ2) is 13.2. The zero-order valence-electron chi connectivity index (χ0n) is 15.8. The fourth-order valence-corrected chi connectivity index (χ4v) is 2.03. The first-order valence-corrected chi connectivity index (χ1v) is 8.65. The van der Waals surface area contributed by atoms with Crippen LogP contribution in [0, 0.1) is 13.8 Å². The molecule has 1 aliphatic rings. The Morgan fingerprint density at radius 2 is 1.50 bits per heavy atom. The molecule has 3 rings (SSSR count). The van der Waals surface area contributed by atoms with Crippen LogP contribution < -0.4 is 4.74 Å².